The fourth-order valence-corrected chi connectivity index (χ4v) is 1.97. The van der Waals surface area contributed by atoms with Gasteiger partial charge in [0, 0.05) is 11.9 Å². The van der Waals surface area contributed by atoms with Crippen molar-refractivity contribution in [3.05, 3.63) is 16.8 Å². The van der Waals surface area contributed by atoms with E-state index in [1.807, 2.05) is 23.8 Å². The molecule has 0 fully saturated rings. The number of hydrogen-bond acceptors (Lipinski definition) is 7. The Bertz CT molecular complexity index is 503. The quantitative estimate of drug-likeness (QED) is 0.812. The molecular weight excluding hydrogens is 262 g/mol. The Morgan fingerprint density at radius 1 is 1.21 bits per heavy atom. The van der Waals surface area contributed by atoms with Gasteiger partial charge in [-0.2, -0.15) is 26.3 Å². The van der Waals surface area contributed by atoms with Gasteiger partial charge in [0.15, 0.2) is 0 Å². The maximum atomic E-state index is 5.35. The second kappa shape index (κ2) is 6.89. The van der Waals surface area contributed by atoms with Gasteiger partial charge in [0.25, 0.3) is 0 Å². The van der Waals surface area contributed by atoms with E-state index in [4.69, 9.17) is 4.74 Å². The van der Waals surface area contributed by atoms with Crippen LogP contribution in [0.4, 0.5) is 17.6 Å². The van der Waals surface area contributed by atoms with Gasteiger partial charge in [-0.3, -0.25) is 0 Å². The number of aromatic nitrogens is 3. The molecule has 0 amide bonds. The van der Waals surface area contributed by atoms with Crippen molar-refractivity contribution < 1.29 is 4.74 Å². The van der Waals surface area contributed by atoms with Crippen molar-refractivity contribution in [1.82, 2.24) is 15.0 Å². The SMILES string of the molecule is CCCNc1nc(Nc2ccsc2)nc(OCC)n1. The van der Waals surface area contributed by atoms with Gasteiger partial charge in [0.2, 0.25) is 11.9 Å². The molecule has 0 aromatic carbocycles. The molecule has 0 radical (unpaired) electrons. The zero-order valence-corrected chi connectivity index (χ0v) is 11.8. The molecule has 0 unspecified atom stereocenters. The molecule has 0 bridgehead atoms. The van der Waals surface area contributed by atoms with Crippen LogP contribution in [0.25, 0.3) is 0 Å². The molecule has 0 atom stereocenters. The van der Waals surface area contributed by atoms with Crippen LogP contribution in [0.1, 0.15) is 20.3 Å². The molecule has 2 aromatic rings. The molecule has 19 heavy (non-hydrogen) atoms. The fourth-order valence-electron chi connectivity index (χ4n) is 1.39. The summed E-state index contributed by atoms with van der Waals surface area (Å²) >= 11 is 1.61. The average Bonchev–Trinajstić information content (AvgIpc) is 2.89. The fraction of sp³-hybridized carbons (Fsp3) is 0.417. The second-order valence-corrected chi connectivity index (χ2v) is 4.54. The summed E-state index contributed by atoms with van der Waals surface area (Å²) in [7, 11) is 0. The molecule has 0 saturated heterocycles. The molecule has 2 heterocycles. The van der Waals surface area contributed by atoms with Gasteiger partial charge >= 0.3 is 6.01 Å². The largest absolute Gasteiger partial charge is 0.464 e. The first kappa shape index (κ1) is 13.5. The maximum absolute atomic E-state index is 5.35. The van der Waals surface area contributed by atoms with Gasteiger partial charge in [-0.1, -0.05) is 6.92 Å². The Balaban J connectivity index is 2.17. The zero-order chi connectivity index (χ0) is 13.5. The van der Waals surface area contributed by atoms with Crippen LogP contribution in [-0.4, -0.2) is 28.1 Å². The van der Waals surface area contributed by atoms with Gasteiger partial charge in [-0.05, 0) is 24.8 Å². The topological polar surface area (TPSA) is 72.0 Å². The summed E-state index contributed by atoms with van der Waals surface area (Å²) in [6, 6.07) is 2.29. The summed E-state index contributed by atoms with van der Waals surface area (Å²) in [4.78, 5) is 12.7. The molecule has 2 aromatic heterocycles. The molecule has 7 heteroatoms. The minimum absolute atomic E-state index is 0.328. The summed E-state index contributed by atoms with van der Waals surface area (Å²) in [6.07, 6.45) is 1.00. The summed E-state index contributed by atoms with van der Waals surface area (Å²) in [5.74, 6) is 1.01. The predicted molar refractivity (Wildman–Crippen MR) is 77.4 cm³/mol. The molecular formula is C12H17N5OS. The van der Waals surface area contributed by atoms with E-state index in [-0.39, 0.29) is 0 Å². The van der Waals surface area contributed by atoms with Gasteiger partial charge in [0.1, 0.15) is 0 Å². The molecule has 0 aliphatic heterocycles. The van der Waals surface area contributed by atoms with Crippen molar-refractivity contribution >= 4 is 28.9 Å². The van der Waals surface area contributed by atoms with Crippen LogP contribution in [0, 0.1) is 0 Å². The van der Waals surface area contributed by atoms with Crippen LogP contribution in [0.15, 0.2) is 16.8 Å². The Labute approximate surface area is 116 Å². The third-order valence-electron chi connectivity index (χ3n) is 2.20. The number of hydrogen-bond donors (Lipinski definition) is 2. The van der Waals surface area contributed by atoms with Crippen molar-refractivity contribution in [2.24, 2.45) is 0 Å². The number of ether oxygens (including phenoxy) is 1. The Hall–Kier alpha value is -1.89. The Morgan fingerprint density at radius 2 is 2.05 bits per heavy atom. The van der Waals surface area contributed by atoms with Gasteiger partial charge < -0.3 is 15.4 Å². The maximum Gasteiger partial charge on any atom is 0.323 e. The number of nitrogens with one attached hydrogen (secondary N) is 2. The van der Waals surface area contributed by atoms with E-state index in [1.165, 1.54) is 0 Å². The number of anilines is 3. The van der Waals surface area contributed by atoms with E-state index < -0.39 is 0 Å². The highest BCUT2D eigenvalue weighted by Crippen LogP contribution is 2.18. The number of nitrogens with zero attached hydrogens (tertiary/aromatic N) is 3. The van der Waals surface area contributed by atoms with E-state index in [0.29, 0.717) is 24.5 Å². The third-order valence-corrected chi connectivity index (χ3v) is 2.88. The van der Waals surface area contributed by atoms with Crippen molar-refractivity contribution in [2.75, 3.05) is 23.8 Å². The smallest absolute Gasteiger partial charge is 0.323 e. The van der Waals surface area contributed by atoms with Crippen LogP contribution < -0.4 is 15.4 Å². The summed E-state index contributed by atoms with van der Waals surface area (Å²) in [6.45, 7) is 5.32. The minimum Gasteiger partial charge on any atom is -0.464 e. The number of thiophene rings is 1. The van der Waals surface area contributed by atoms with Crippen LogP contribution in [0.3, 0.4) is 0 Å². The van der Waals surface area contributed by atoms with Crippen LogP contribution in [0.2, 0.25) is 0 Å². The third kappa shape index (κ3) is 4.06. The minimum atomic E-state index is 0.328. The van der Waals surface area contributed by atoms with Gasteiger partial charge in [-0.15, -0.1) is 0 Å². The molecule has 0 spiro atoms. The molecule has 0 aliphatic carbocycles. The number of rotatable bonds is 7. The molecule has 6 nitrogen and oxygen atoms in total. The summed E-state index contributed by atoms with van der Waals surface area (Å²) in [5.41, 5.74) is 0.958. The first-order chi connectivity index (χ1) is 9.31. The van der Waals surface area contributed by atoms with Crippen molar-refractivity contribution in [3.63, 3.8) is 0 Å². The van der Waals surface area contributed by atoms with E-state index in [2.05, 4.69) is 32.5 Å². The van der Waals surface area contributed by atoms with E-state index in [9.17, 15) is 0 Å². The van der Waals surface area contributed by atoms with Crippen molar-refractivity contribution in [2.45, 2.75) is 20.3 Å². The molecule has 102 valence electrons. The van der Waals surface area contributed by atoms with E-state index in [0.717, 1.165) is 18.7 Å². The van der Waals surface area contributed by atoms with Crippen LogP contribution in [-0.2, 0) is 0 Å². The zero-order valence-electron chi connectivity index (χ0n) is 11.0. The van der Waals surface area contributed by atoms with Gasteiger partial charge in [-0.25, -0.2) is 0 Å². The lowest BCUT2D eigenvalue weighted by molar-refractivity contribution is 0.312. The molecule has 2 N–H and O–H groups in total. The standard InChI is InChI=1S/C12H17N5OS/c1-3-6-13-10-15-11(14-9-5-7-19-8-9)17-12(16-10)18-4-2/h5,7-8H,3-4,6H2,1-2H3,(H2,13,14,15,16,17). The summed E-state index contributed by atoms with van der Waals surface area (Å²) < 4.78 is 5.35. The lowest BCUT2D eigenvalue weighted by Crippen LogP contribution is -2.09. The van der Waals surface area contributed by atoms with Crippen LogP contribution in [0.5, 0.6) is 6.01 Å². The molecule has 0 saturated carbocycles. The van der Waals surface area contributed by atoms with E-state index in [1.54, 1.807) is 11.3 Å². The lowest BCUT2D eigenvalue weighted by Gasteiger charge is -2.08. The first-order valence-electron chi connectivity index (χ1n) is 6.23. The van der Waals surface area contributed by atoms with Crippen molar-refractivity contribution in [3.8, 4) is 6.01 Å². The predicted octanol–water partition coefficient (Wildman–Crippen LogP) is 2.90. The van der Waals surface area contributed by atoms with E-state index >= 15 is 0 Å². The second-order valence-electron chi connectivity index (χ2n) is 3.76. The lowest BCUT2D eigenvalue weighted by atomic mass is 10.5. The molecule has 0 aliphatic rings. The highest BCUT2D eigenvalue weighted by Gasteiger charge is 2.07. The molecule has 2 rings (SSSR count). The van der Waals surface area contributed by atoms with Gasteiger partial charge in [0.05, 0.1) is 12.3 Å². The first-order valence-corrected chi connectivity index (χ1v) is 7.18. The van der Waals surface area contributed by atoms with Crippen LogP contribution >= 0.6 is 11.3 Å². The highest BCUT2D eigenvalue weighted by molar-refractivity contribution is 7.08. The average molecular weight is 279 g/mol. The summed E-state index contributed by atoms with van der Waals surface area (Å²) in [5, 5.41) is 10.2. The van der Waals surface area contributed by atoms with Crippen molar-refractivity contribution in [1.29, 1.82) is 0 Å². The normalized spacial score (nSPS) is 10.2. The Kier molecular flexibility index (Phi) is 4.91. The Morgan fingerprint density at radius 3 is 2.74 bits per heavy atom. The highest BCUT2D eigenvalue weighted by atomic mass is 32.1. The monoisotopic (exact) mass is 279 g/mol.